The topological polar surface area (TPSA) is 83.8 Å². The van der Waals surface area contributed by atoms with Gasteiger partial charge in [0.15, 0.2) is 9.84 Å². The van der Waals surface area contributed by atoms with Crippen molar-refractivity contribution in [3.63, 3.8) is 0 Å². The van der Waals surface area contributed by atoms with E-state index in [1.54, 1.807) is 4.90 Å². The first-order valence-corrected chi connectivity index (χ1v) is 10.4. The zero-order valence-electron chi connectivity index (χ0n) is 14.1. The second-order valence-electron chi connectivity index (χ2n) is 6.66. The van der Waals surface area contributed by atoms with E-state index in [1.165, 1.54) is 0 Å². The summed E-state index contributed by atoms with van der Waals surface area (Å²) in [6.07, 6.45) is -4.23. The number of nitrogens with zero attached hydrogens (tertiary/aromatic N) is 3. The molecule has 0 aliphatic carbocycles. The first-order valence-electron chi connectivity index (χ1n) is 8.22. The van der Waals surface area contributed by atoms with Gasteiger partial charge in [0.2, 0.25) is 0 Å². The van der Waals surface area contributed by atoms with Crippen LogP contribution in [0.2, 0.25) is 5.02 Å². The van der Waals surface area contributed by atoms with Crippen LogP contribution in [0.25, 0.3) is 0 Å². The molecule has 12 heteroatoms. The smallest absolute Gasteiger partial charge is 0.363 e. The summed E-state index contributed by atoms with van der Waals surface area (Å²) in [5, 5.41) is 10.7. The number of alkyl halides is 3. The highest BCUT2D eigenvalue weighted by molar-refractivity contribution is 7.91. The second-order valence-corrected chi connectivity index (χ2v) is 9.29. The van der Waals surface area contributed by atoms with Crippen molar-refractivity contribution >= 4 is 32.8 Å². The van der Waals surface area contributed by atoms with Gasteiger partial charge in [-0.2, -0.15) is 13.2 Å². The number of hydrogen-bond acceptors (Lipinski definition) is 6. The number of anilines is 1. The van der Waals surface area contributed by atoms with E-state index in [-0.39, 0.29) is 23.2 Å². The van der Waals surface area contributed by atoms with Crippen LogP contribution < -0.4 is 4.90 Å². The highest BCUT2D eigenvalue weighted by atomic mass is 35.5. The fraction of sp³-hybridized carbons (Fsp3) is 0.600. The van der Waals surface area contributed by atoms with Gasteiger partial charge in [-0.1, -0.05) is 11.6 Å². The molecule has 1 aromatic carbocycles. The number of rotatable bonds is 3. The monoisotopic (exact) mass is 427 g/mol. The third kappa shape index (κ3) is 4.30. The number of hydrogen-bond donors (Lipinski definition) is 0. The summed E-state index contributed by atoms with van der Waals surface area (Å²) in [6, 6.07) is 1.37. The van der Waals surface area contributed by atoms with E-state index >= 15 is 0 Å². The fourth-order valence-corrected chi connectivity index (χ4v) is 5.59. The summed E-state index contributed by atoms with van der Waals surface area (Å²) in [4.78, 5) is 14.1. The van der Waals surface area contributed by atoms with Gasteiger partial charge < -0.3 is 4.90 Å². The molecule has 1 aromatic rings. The molecule has 0 N–H and O–H groups in total. The van der Waals surface area contributed by atoms with Crippen molar-refractivity contribution in [3.05, 3.63) is 32.8 Å². The Hall–Kier alpha value is -1.59. The van der Waals surface area contributed by atoms with Crippen molar-refractivity contribution < 1.29 is 26.5 Å². The molecule has 0 bridgehead atoms. The molecule has 2 aliphatic rings. The molecule has 1 unspecified atom stereocenters. The van der Waals surface area contributed by atoms with Crippen molar-refractivity contribution in [2.45, 2.75) is 18.6 Å². The molecule has 2 saturated heterocycles. The lowest BCUT2D eigenvalue weighted by Crippen LogP contribution is -2.50. The maximum Gasteiger partial charge on any atom is 0.418 e. The van der Waals surface area contributed by atoms with Gasteiger partial charge in [-0.15, -0.1) is 0 Å². The van der Waals surface area contributed by atoms with Crippen molar-refractivity contribution in [1.82, 2.24) is 4.90 Å². The van der Waals surface area contributed by atoms with Crippen molar-refractivity contribution in [3.8, 4) is 0 Å². The van der Waals surface area contributed by atoms with Crippen LogP contribution in [0.15, 0.2) is 12.1 Å². The number of piperazine rings is 1. The average molecular weight is 428 g/mol. The molecule has 0 aromatic heterocycles. The minimum atomic E-state index is -4.78. The molecular formula is C15H17ClF3N3O4S. The van der Waals surface area contributed by atoms with Gasteiger partial charge in [0, 0.05) is 38.3 Å². The second kappa shape index (κ2) is 7.10. The molecule has 1 atom stereocenters. The number of nitro benzene ring substituents is 1. The summed E-state index contributed by atoms with van der Waals surface area (Å²) in [5.41, 5.74) is -1.85. The molecule has 0 radical (unpaired) electrons. The summed E-state index contributed by atoms with van der Waals surface area (Å²) in [7, 11) is -3.02. The molecule has 2 fully saturated rings. The van der Waals surface area contributed by atoms with Crippen molar-refractivity contribution in [2.24, 2.45) is 0 Å². The van der Waals surface area contributed by atoms with Gasteiger partial charge in [-0.25, -0.2) is 8.42 Å². The van der Waals surface area contributed by atoms with E-state index in [1.807, 2.05) is 4.90 Å². The lowest BCUT2D eigenvalue weighted by molar-refractivity contribution is -0.384. The molecular weight excluding hydrogens is 411 g/mol. The largest absolute Gasteiger partial charge is 0.418 e. The Labute approximate surface area is 158 Å². The van der Waals surface area contributed by atoms with E-state index in [4.69, 9.17) is 11.6 Å². The van der Waals surface area contributed by atoms with Gasteiger partial charge in [0.1, 0.15) is 5.69 Å². The summed E-state index contributed by atoms with van der Waals surface area (Å²) in [5.74, 6) is 0.247. The molecule has 150 valence electrons. The minimum Gasteiger partial charge on any atom is -0.363 e. The van der Waals surface area contributed by atoms with Gasteiger partial charge in [0.25, 0.3) is 5.69 Å². The molecule has 2 heterocycles. The Kier molecular flexibility index (Phi) is 5.30. The Morgan fingerprint density at radius 2 is 1.81 bits per heavy atom. The Morgan fingerprint density at radius 3 is 2.30 bits per heavy atom. The molecule has 2 aliphatic heterocycles. The van der Waals surface area contributed by atoms with Crippen LogP contribution in [0.1, 0.15) is 12.0 Å². The Balaban J connectivity index is 1.79. The SMILES string of the molecule is O=[N+]([O-])c1cc(C(F)(F)F)c(Cl)cc1N1CCN(C2CCS(=O)(=O)C2)CC1. The predicted molar refractivity (Wildman–Crippen MR) is 94.0 cm³/mol. The van der Waals surface area contributed by atoms with Crippen LogP contribution >= 0.6 is 11.6 Å². The number of sulfone groups is 1. The van der Waals surface area contributed by atoms with Gasteiger partial charge in [0.05, 0.1) is 27.0 Å². The van der Waals surface area contributed by atoms with Gasteiger partial charge in [-0.05, 0) is 12.5 Å². The summed E-state index contributed by atoms with van der Waals surface area (Å²) >= 11 is 5.73. The maximum atomic E-state index is 13.0. The molecule has 7 nitrogen and oxygen atoms in total. The quantitative estimate of drug-likeness (QED) is 0.544. The van der Waals surface area contributed by atoms with E-state index in [0.717, 1.165) is 6.07 Å². The first-order chi connectivity index (χ1) is 12.5. The van der Waals surface area contributed by atoms with E-state index in [9.17, 15) is 31.7 Å². The van der Waals surface area contributed by atoms with E-state index in [0.29, 0.717) is 38.7 Å². The lowest BCUT2D eigenvalue weighted by atomic mass is 10.1. The molecule has 3 rings (SSSR count). The van der Waals surface area contributed by atoms with Crippen LogP contribution in [0, 0.1) is 10.1 Å². The number of nitro groups is 1. The minimum absolute atomic E-state index is 0.0386. The zero-order valence-corrected chi connectivity index (χ0v) is 15.6. The zero-order chi connectivity index (χ0) is 20.0. The molecule has 0 spiro atoms. The fourth-order valence-electron chi connectivity index (χ4n) is 3.56. The van der Waals surface area contributed by atoms with Crippen LogP contribution in [0.3, 0.4) is 0 Å². The molecule has 0 amide bonds. The Morgan fingerprint density at radius 1 is 1.19 bits per heavy atom. The maximum absolute atomic E-state index is 13.0. The van der Waals surface area contributed by atoms with Crippen LogP contribution in [0.4, 0.5) is 24.5 Å². The van der Waals surface area contributed by atoms with Crippen molar-refractivity contribution in [1.29, 1.82) is 0 Å². The average Bonchev–Trinajstić information content (AvgIpc) is 2.93. The van der Waals surface area contributed by atoms with E-state index < -0.39 is 37.2 Å². The third-order valence-electron chi connectivity index (χ3n) is 4.95. The lowest BCUT2D eigenvalue weighted by Gasteiger charge is -2.38. The Bertz CT molecular complexity index is 855. The number of benzene rings is 1. The highest BCUT2D eigenvalue weighted by Crippen LogP contribution is 2.41. The standard InChI is InChI=1S/C15H17ClF3N3O4S/c16-12-8-13(14(22(23)24)7-11(12)15(17,18)19)21-4-2-20(3-5-21)10-1-6-27(25,26)9-10/h7-8,10H,1-6,9H2. The predicted octanol–water partition coefficient (Wildman–Crippen LogP) is 2.58. The normalized spacial score (nSPS) is 23.6. The molecule has 27 heavy (non-hydrogen) atoms. The molecule has 0 saturated carbocycles. The first kappa shape index (κ1) is 20.2. The highest BCUT2D eigenvalue weighted by Gasteiger charge is 2.38. The number of halogens is 4. The van der Waals surface area contributed by atoms with E-state index in [2.05, 4.69) is 0 Å². The van der Waals surface area contributed by atoms with Crippen molar-refractivity contribution in [2.75, 3.05) is 42.6 Å². The van der Waals surface area contributed by atoms with Gasteiger partial charge in [-0.3, -0.25) is 15.0 Å². The van der Waals surface area contributed by atoms with Gasteiger partial charge >= 0.3 is 6.18 Å². The third-order valence-corrected chi connectivity index (χ3v) is 7.01. The van der Waals surface area contributed by atoms with Crippen LogP contribution in [0.5, 0.6) is 0 Å². The van der Waals surface area contributed by atoms with Crippen LogP contribution in [-0.4, -0.2) is 62.0 Å². The summed E-state index contributed by atoms with van der Waals surface area (Å²) in [6.45, 7) is 1.60. The van der Waals surface area contributed by atoms with Crippen LogP contribution in [-0.2, 0) is 16.0 Å². The summed E-state index contributed by atoms with van der Waals surface area (Å²) < 4.78 is 62.2.